The van der Waals surface area contributed by atoms with E-state index in [0.717, 1.165) is 13.1 Å². The molecule has 1 atom stereocenters. The van der Waals surface area contributed by atoms with Crippen LogP contribution in [0.2, 0.25) is 0 Å². The fourth-order valence-corrected chi connectivity index (χ4v) is 2.99. The third-order valence-electron chi connectivity index (χ3n) is 3.29. The predicted octanol–water partition coefficient (Wildman–Crippen LogP) is 3.02. The van der Waals surface area contributed by atoms with Crippen LogP contribution in [0.5, 0.6) is 0 Å². The average Bonchev–Trinajstić information content (AvgIpc) is 2.30. The number of halogens is 1. The van der Waals surface area contributed by atoms with E-state index in [1.54, 1.807) is 0 Å². The first-order valence-corrected chi connectivity index (χ1v) is 7.27. The van der Waals surface area contributed by atoms with Crippen LogP contribution in [-0.4, -0.2) is 30.6 Å². The standard InChI is InChI=1S/C14H21BrN2/c1-2-16-14-7-4-8-17(11-14)10-12-5-3-6-13(15)9-12/h3,5-6,9,14,16H,2,4,7-8,10-11H2,1H3. The van der Waals surface area contributed by atoms with Crippen LogP contribution in [0.1, 0.15) is 25.3 Å². The molecule has 1 aromatic carbocycles. The normalized spacial score (nSPS) is 21.6. The molecule has 1 unspecified atom stereocenters. The fraction of sp³-hybridized carbons (Fsp3) is 0.571. The Morgan fingerprint density at radius 3 is 3.12 bits per heavy atom. The third kappa shape index (κ3) is 4.09. The summed E-state index contributed by atoms with van der Waals surface area (Å²) in [7, 11) is 0. The van der Waals surface area contributed by atoms with Gasteiger partial charge in [-0.3, -0.25) is 4.90 Å². The van der Waals surface area contributed by atoms with Gasteiger partial charge in [-0.05, 0) is 43.6 Å². The van der Waals surface area contributed by atoms with Gasteiger partial charge in [0, 0.05) is 23.6 Å². The highest BCUT2D eigenvalue weighted by Crippen LogP contribution is 2.16. The van der Waals surface area contributed by atoms with Crippen LogP contribution in [0.4, 0.5) is 0 Å². The molecule has 1 aliphatic heterocycles. The van der Waals surface area contributed by atoms with Crippen molar-refractivity contribution in [2.24, 2.45) is 0 Å². The monoisotopic (exact) mass is 296 g/mol. The van der Waals surface area contributed by atoms with E-state index in [9.17, 15) is 0 Å². The highest BCUT2D eigenvalue weighted by molar-refractivity contribution is 9.10. The number of hydrogen-bond donors (Lipinski definition) is 1. The maximum absolute atomic E-state index is 3.56. The lowest BCUT2D eigenvalue weighted by Gasteiger charge is -2.33. The van der Waals surface area contributed by atoms with Crippen molar-refractivity contribution >= 4 is 15.9 Å². The molecule has 1 fully saturated rings. The maximum Gasteiger partial charge on any atom is 0.0234 e. The van der Waals surface area contributed by atoms with Gasteiger partial charge in [-0.2, -0.15) is 0 Å². The van der Waals surface area contributed by atoms with E-state index in [-0.39, 0.29) is 0 Å². The van der Waals surface area contributed by atoms with Crippen molar-refractivity contribution in [3.8, 4) is 0 Å². The quantitative estimate of drug-likeness (QED) is 0.919. The van der Waals surface area contributed by atoms with Gasteiger partial charge in [-0.25, -0.2) is 0 Å². The minimum absolute atomic E-state index is 0.681. The van der Waals surface area contributed by atoms with Crippen LogP contribution in [0.15, 0.2) is 28.7 Å². The van der Waals surface area contributed by atoms with Crippen LogP contribution in [0.25, 0.3) is 0 Å². The number of benzene rings is 1. The number of rotatable bonds is 4. The summed E-state index contributed by atoms with van der Waals surface area (Å²) < 4.78 is 1.18. The minimum Gasteiger partial charge on any atom is -0.313 e. The third-order valence-corrected chi connectivity index (χ3v) is 3.79. The Morgan fingerprint density at radius 1 is 1.47 bits per heavy atom. The van der Waals surface area contributed by atoms with Crippen molar-refractivity contribution in [1.82, 2.24) is 10.2 Å². The number of nitrogens with zero attached hydrogens (tertiary/aromatic N) is 1. The topological polar surface area (TPSA) is 15.3 Å². The van der Waals surface area contributed by atoms with Crippen molar-refractivity contribution in [3.05, 3.63) is 34.3 Å². The summed E-state index contributed by atoms with van der Waals surface area (Å²) in [6, 6.07) is 9.31. The zero-order valence-corrected chi connectivity index (χ0v) is 12.0. The number of hydrogen-bond acceptors (Lipinski definition) is 2. The van der Waals surface area contributed by atoms with Crippen molar-refractivity contribution in [2.75, 3.05) is 19.6 Å². The predicted molar refractivity (Wildman–Crippen MR) is 76.1 cm³/mol. The smallest absolute Gasteiger partial charge is 0.0234 e. The second-order valence-electron chi connectivity index (χ2n) is 4.76. The lowest BCUT2D eigenvalue weighted by atomic mass is 10.0. The van der Waals surface area contributed by atoms with Gasteiger partial charge >= 0.3 is 0 Å². The molecule has 1 heterocycles. The second kappa shape index (κ2) is 6.53. The summed E-state index contributed by atoms with van der Waals surface area (Å²) in [5.41, 5.74) is 1.40. The van der Waals surface area contributed by atoms with E-state index in [2.05, 4.69) is 57.3 Å². The summed E-state index contributed by atoms with van der Waals surface area (Å²) in [5.74, 6) is 0. The first-order chi connectivity index (χ1) is 8.28. The van der Waals surface area contributed by atoms with E-state index < -0.39 is 0 Å². The van der Waals surface area contributed by atoms with E-state index in [1.807, 2.05) is 0 Å². The van der Waals surface area contributed by atoms with Crippen LogP contribution in [-0.2, 0) is 6.54 Å². The molecule has 0 radical (unpaired) electrons. The Morgan fingerprint density at radius 2 is 2.35 bits per heavy atom. The van der Waals surface area contributed by atoms with Gasteiger partial charge in [0.05, 0.1) is 0 Å². The van der Waals surface area contributed by atoms with E-state index in [0.29, 0.717) is 6.04 Å². The lowest BCUT2D eigenvalue weighted by molar-refractivity contribution is 0.184. The Balaban J connectivity index is 1.90. The molecule has 1 aromatic rings. The zero-order valence-electron chi connectivity index (χ0n) is 10.5. The molecule has 1 N–H and O–H groups in total. The molecule has 0 aliphatic carbocycles. The molecule has 0 saturated carbocycles. The molecule has 17 heavy (non-hydrogen) atoms. The van der Waals surface area contributed by atoms with Crippen LogP contribution < -0.4 is 5.32 Å². The summed E-state index contributed by atoms with van der Waals surface area (Å²) in [5, 5.41) is 3.56. The molecule has 94 valence electrons. The molecule has 2 rings (SSSR count). The van der Waals surface area contributed by atoms with Crippen LogP contribution in [0, 0.1) is 0 Å². The highest BCUT2D eigenvalue weighted by Gasteiger charge is 2.18. The van der Waals surface area contributed by atoms with E-state index in [1.165, 1.54) is 36.0 Å². The zero-order chi connectivity index (χ0) is 12.1. The molecule has 0 aromatic heterocycles. The summed E-state index contributed by atoms with van der Waals surface area (Å²) in [6.07, 6.45) is 2.63. The summed E-state index contributed by atoms with van der Waals surface area (Å²) in [4.78, 5) is 2.55. The van der Waals surface area contributed by atoms with Crippen LogP contribution >= 0.6 is 15.9 Å². The SMILES string of the molecule is CCNC1CCCN(Cc2cccc(Br)c2)C1. The Kier molecular flexibility index (Phi) is 5.01. The van der Waals surface area contributed by atoms with Gasteiger partial charge in [0.25, 0.3) is 0 Å². The van der Waals surface area contributed by atoms with Gasteiger partial charge in [0.2, 0.25) is 0 Å². The largest absolute Gasteiger partial charge is 0.313 e. The van der Waals surface area contributed by atoms with Crippen molar-refractivity contribution < 1.29 is 0 Å². The van der Waals surface area contributed by atoms with Gasteiger partial charge in [0.15, 0.2) is 0 Å². The van der Waals surface area contributed by atoms with Crippen molar-refractivity contribution in [1.29, 1.82) is 0 Å². The van der Waals surface area contributed by atoms with Gasteiger partial charge in [-0.15, -0.1) is 0 Å². The molecule has 1 saturated heterocycles. The minimum atomic E-state index is 0.681. The number of nitrogens with one attached hydrogen (secondary N) is 1. The van der Waals surface area contributed by atoms with Gasteiger partial charge in [0.1, 0.15) is 0 Å². The number of likely N-dealkylation sites (N-methyl/N-ethyl adjacent to an activating group) is 1. The molecular formula is C14H21BrN2. The Bertz CT molecular complexity index is 352. The molecule has 2 nitrogen and oxygen atoms in total. The van der Waals surface area contributed by atoms with Crippen LogP contribution in [0.3, 0.4) is 0 Å². The maximum atomic E-state index is 3.56. The van der Waals surface area contributed by atoms with Crippen molar-refractivity contribution in [2.45, 2.75) is 32.4 Å². The highest BCUT2D eigenvalue weighted by atomic mass is 79.9. The molecule has 0 amide bonds. The average molecular weight is 297 g/mol. The number of piperidine rings is 1. The van der Waals surface area contributed by atoms with Crippen molar-refractivity contribution in [3.63, 3.8) is 0 Å². The number of likely N-dealkylation sites (tertiary alicyclic amines) is 1. The van der Waals surface area contributed by atoms with E-state index >= 15 is 0 Å². The molecule has 1 aliphatic rings. The second-order valence-corrected chi connectivity index (χ2v) is 5.68. The van der Waals surface area contributed by atoms with Gasteiger partial charge in [-0.1, -0.05) is 35.0 Å². The molecule has 0 bridgehead atoms. The lowest BCUT2D eigenvalue weighted by Crippen LogP contribution is -2.45. The Labute approximate surface area is 113 Å². The molecule has 3 heteroatoms. The molecule has 0 spiro atoms. The molecular weight excluding hydrogens is 276 g/mol. The fourth-order valence-electron chi connectivity index (χ4n) is 2.55. The Hall–Kier alpha value is -0.380. The summed E-state index contributed by atoms with van der Waals surface area (Å²) >= 11 is 3.53. The first kappa shape index (κ1) is 13.1. The van der Waals surface area contributed by atoms with E-state index in [4.69, 9.17) is 0 Å². The first-order valence-electron chi connectivity index (χ1n) is 6.48. The summed E-state index contributed by atoms with van der Waals surface area (Å²) in [6.45, 7) is 6.75. The van der Waals surface area contributed by atoms with Gasteiger partial charge < -0.3 is 5.32 Å².